The first-order chi connectivity index (χ1) is 12.3. The molecule has 1 fully saturated rings. The number of morpholine rings is 1. The molecular formula is C20H23N2O3+. The van der Waals surface area contributed by atoms with Crippen LogP contribution in [0.4, 0.5) is 0 Å². The van der Waals surface area contributed by atoms with E-state index in [9.17, 15) is 4.79 Å². The third-order valence-corrected chi connectivity index (χ3v) is 4.92. The summed E-state index contributed by atoms with van der Waals surface area (Å²) in [5.41, 5.74) is 1.86. The number of rotatable bonds is 4. The molecule has 0 radical (unpaired) electrons. The molecule has 0 unspecified atom stereocenters. The van der Waals surface area contributed by atoms with Crippen LogP contribution in [0.3, 0.4) is 0 Å². The second-order valence-corrected chi connectivity index (χ2v) is 6.51. The number of ether oxygens (including phenoxy) is 2. The van der Waals surface area contributed by atoms with Gasteiger partial charge in [0.15, 0.2) is 0 Å². The number of quaternary nitrogens is 1. The molecule has 5 nitrogen and oxygen atoms in total. The lowest BCUT2D eigenvalue weighted by atomic mass is 9.87. The Morgan fingerprint density at radius 1 is 1.00 bits per heavy atom. The van der Waals surface area contributed by atoms with E-state index in [1.165, 1.54) is 4.90 Å². The van der Waals surface area contributed by atoms with Crippen molar-refractivity contribution in [2.75, 3.05) is 39.4 Å². The average Bonchev–Trinajstić information content (AvgIpc) is 2.66. The number of fused-ring (bicyclic) bond motifs is 2. The smallest absolute Gasteiger partial charge is 0.232 e. The van der Waals surface area contributed by atoms with E-state index in [0.29, 0.717) is 6.54 Å². The van der Waals surface area contributed by atoms with E-state index in [4.69, 9.17) is 9.47 Å². The second-order valence-electron chi connectivity index (χ2n) is 6.51. The number of para-hydroxylation sites is 2. The van der Waals surface area contributed by atoms with Crippen molar-refractivity contribution in [3.05, 3.63) is 59.7 Å². The van der Waals surface area contributed by atoms with E-state index in [2.05, 4.69) is 5.32 Å². The third kappa shape index (κ3) is 3.38. The molecule has 1 saturated heterocycles. The summed E-state index contributed by atoms with van der Waals surface area (Å²) >= 11 is 0. The van der Waals surface area contributed by atoms with E-state index in [1.54, 1.807) is 0 Å². The molecule has 0 saturated carbocycles. The maximum atomic E-state index is 13.0. The first kappa shape index (κ1) is 16.1. The molecule has 2 aromatic carbocycles. The zero-order valence-corrected chi connectivity index (χ0v) is 14.2. The summed E-state index contributed by atoms with van der Waals surface area (Å²) in [6.07, 6.45) is 0. The van der Waals surface area contributed by atoms with Gasteiger partial charge in [-0.15, -0.1) is 0 Å². The molecule has 0 aromatic heterocycles. The summed E-state index contributed by atoms with van der Waals surface area (Å²) in [6, 6.07) is 15.6. The molecule has 2 N–H and O–H groups in total. The van der Waals surface area contributed by atoms with Gasteiger partial charge in [0.05, 0.1) is 32.2 Å². The predicted octanol–water partition coefficient (Wildman–Crippen LogP) is 0.956. The molecule has 0 bridgehead atoms. The summed E-state index contributed by atoms with van der Waals surface area (Å²) in [5, 5.41) is 3.13. The van der Waals surface area contributed by atoms with Gasteiger partial charge in [0.2, 0.25) is 5.91 Å². The molecule has 2 aliphatic rings. The van der Waals surface area contributed by atoms with E-state index in [0.717, 1.165) is 55.5 Å². The summed E-state index contributed by atoms with van der Waals surface area (Å²) in [5.74, 6) is 1.25. The SMILES string of the molecule is O=C(NCC[NH+]1CCOCC1)C1c2ccccc2Oc2ccccc21. The number of hydrogen-bond donors (Lipinski definition) is 2. The quantitative estimate of drug-likeness (QED) is 0.872. The first-order valence-corrected chi connectivity index (χ1v) is 8.87. The zero-order valence-electron chi connectivity index (χ0n) is 14.2. The first-order valence-electron chi connectivity index (χ1n) is 8.87. The maximum Gasteiger partial charge on any atom is 0.232 e. The Morgan fingerprint density at radius 3 is 2.24 bits per heavy atom. The molecule has 2 aliphatic heterocycles. The van der Waals surface area contributed by atoms with Gasteiger partial charge < -0.3 is 19.7 Å². The lowest BCUT2D eigenvalue weighted by molar-refractivity contribution is -0.906. The Balaban J connectivity index is 1.49. The summed E-state index contributed by atoms with van der Waals surface area (Å²) in [6.45, 7) is 5.25. The van der Waals surface area contributed by atoms with E-state index >= 15 is 0 Å². The largest absolute Gasteiger partial charge is 0.457 e. The number of carbonyl (C=O) groups excluding carboxylic acids is 1. The number of amides is 1. The fourth-order valence-electron chi connectivity index (χ4n) is 3.57. The second kappa shape index (κ2) is 7.25. The van der Waals surface area contributed by atoms with Gasteiger partial charge in [-0.3, -0.25) is 4.79 Å². The van der Waals surface area contributed by atoms with Crippen LogP contribution in [0.15, 0.2) is 48.5 Å². The van der Waals surface area contributed by atoms with Crippen LogP contribution in [0, 0.1) is 0 Å². The van der Waals surface area contributed by atoms with Gasteiger partial charge in [0.25, 0.3) is 0 Å². The van der Waals surface area contributed by atoms with Gasteiger partial charge in [0, 0.05) is 11.1 Å². The molecule has 1 amide bonds. The third-order valence-electron chi connectivity index (χ3n) is 4.92. The highest BCUT2D eigenvalue weighted by molar-refractivity contribution is 5.89. The van der Waals surface area contributed by atoms with Crippen molar-refractivity contribution in [1.29, 1.82) is 0 Å². The fraction of sp³-hybridized carbons (Fsp3) is 0.350. The Bertz CT molecular complexity index is 711. The lowest BCUT2D eigenvalue weighted by Crippen LogP contribution is -3.14. The average molecular weight is 339 g/mol. The normalized spacial score (nSPS) is 17.3. The van der Waals surface area contributed by atoms with Gasteiger partial charge in [-0.05, 0) is 12.1 Å². The van der Waals surface area contributed by atoms with Crippen molar-refractivity contribution in [2.45, 2.75) is 5.92 Å². The molecule has 2 aromatic rings. The highest BCUT2D eigenvalue weighted by Crippen LogP contribution is 2.43. The van der Waals surface area contributed by atoms with Crippen LogP contribution in [-0.2, 0) is 9.53 Å². The standard InChI is InChI=1S/C20H22N2O3/c23-20(21-9-10-22-11-13-24-14-12-22)19-15-5-1-3-7-17(15)25-18-8-4-2-6-16(18)19/h1-8,19H,9-14H2,(H,21,23)/p+1. The highest BCUT2D eigenvalue weighted by Gasteiger charge is 2.32. The van der Waals surface area contributed by atoms with E-state index < -0.39 is 0 Å². The van der Waals surface area contributed by atoms with Crippen LogP contribution >= 0.6 is 0 Å². The summed E-state index contributed by atoms with van der Waals surface area (Å²) in [7, 11) is 0. The Morgan fingerprint density at radius 2 is 1.60 bits per heavy atom. The molecule has 5 heteroatoms. The summed E-state index contributed by atoms with van der Waals surface area (Å²) < 4.78 is 11.3. The Labute approximate surface area is 147 Å². The van der Waals surface area contributed by atoms with Gasteiger partial charge in [-0.1, -0.05) is 36.4 Å². The minimum Gasteiger partial charge on any atom is -0.457 e. The lowest BCUT2D eigenvalue weighted by Gasteiger charge is -2.28. The number of carbonyl (C=O) groups is 1. The molecule has 0 spiro atoms. The molecule has 25 heavy (non-hydrogen) atoms. The van der Waals surface area contributed by atoms with Crippen LogP contribution in [-0.4, -0.2) is 45.3 Å². The number of benzene rings is 2. The molecule has 4 rings (SSSR count). The minimum absolute atomic E-state index is 0.0378. The fourth-order valence-corrected chi connectivity index (χ4v) is 3.57. The zero-order chi connectivity index (χ0) is 17.1. The van der Waals surface area contributed by atoms with Gasteiger partial charge in [-0.2, -0.15) is 0 Å². The van der Waals surface area contributed by atoms with Crippen molar-refractivity contribution < 1.29 is 19.2 Å². The van der Waals surface area contributed by atoms with Crippen molar-refractivity contribution in [2.24, 2.45) is 0 Å². The van der Waals surface area contributed by atoms with E-state index in [1.807, 2.05) is 48.5 Å². The van der Waals surface area contributed by atoms with Crippen molar-refractivity contribution >= 4 is 5.91 Å². The highest BCUT2D eigenvalue weighted by atomic mass is 16.5. The van der Waals surface area contributed by atoms with Crippen molar-refractivity contribution in [3.8, 4) is 11.5 Å². The van der Waals surface area contributed by atoms with Crippen molar-refractivity contribution in [3.63, 3.8) is 0 Å². The van der Waals surface area contributed by atoms with Gasteiger partial charge in [0.1, 0.15) is 24.6 Å². The predicted molar refractivity (Wildman–Crippen MR) is 94.2 cm³/mol. The monoisotopic (exact) mass is 339 g/mol. The topological polar surface area (TPSA) is 52.0 Å². The van der Waals surface area contributed by atoms with Gasteiger partial charge >= 0.3 is 0 Å². The Kier molecular flexibility index (Phi) is 4.68. The minimum atomic E-state index is -0.319. The molecule has 0 atom stereocenters. The number of hydrogen-bond acceptors (Lipinski definition) is 3. The summed E-state index contributed by atoms with van der Waals surface area (Å²) in [4.78, 5) is 14.5. The molecule has 130 valence electrons. The van der Waals surface area contributed by atoms with E-state index in [-0.39, 0.29) is 11.8 Å². The van der Waals surface area contributed by atoms with Crippen LogP contribution in [0.25, 0.3) is 0 Å². The van der Waals surface area contributed by atoms with Gasteiger partial charge in [-0.25, -0.2) is 0 Å². The van der Waals surface area contributed by atoms with Crippen LogP contribution < -0.4 is 15.0 Å². The van der Waals surface area contributed by atoms with Crippen LogP contribution in [0.2, 0.25) is 0 Å². The molecule has 2 heterocycles. The Hall–Kier alpha value is -2.37. The number of nitrogens with one attached hydrogen (secondary N) is 2. The molecule has 0 aliphatic carbocycles. The van der Waals surface area contributed by atoms with Crippen LogP contribution in [0.5, 0.6) is 11.5 Å². The maximum absolute atomic E-state index is 13.0. The molecular weight excluding hydrogens is 316 g/mol. The van der Waals surface area contributed by atoms with Crippen LogP contribution in [0.1, 0.15) is 17.0 Å². The van der Waals surface area contributed by atoms with Crippen molar-refractivity contribution in [1.82, 2.24) is 5.32 Å².